The molecule has 1 N–H and O–H groups in total. The molecule has 1 nitrogen and oxygen atoms in total. The van der Waals surface area contributed by atoms with Gasteiger partial charge in [-0.05, 0) is 25.8 Å². The Balaban J connectivity index is 3.89. The molecule has 0 amide bonds. The minimum atomic E-state index is 0.376. The second kappa shape index (κ2) is 5.78. The van der Waals surface area contributed by atoms with Gasteiger partial charge in [-0.2, -0.15) is 0 Å². The van der Waals surface area contributed by atoms with Crippen molar-refractivity contribution in [3.8, 4) is 0 Å². The lowest BCUT2D eigenvalue weighted by atomic mass is 10.1. The van der Waals surface area contributed by atoms with Gasteiger partial charge in [0, 0.05) is 0 Å². The monoisotopic (exact) mass is 152 g/mol. The predicted molar refractivity (Wildman–Crippen MR) is 49.6 cm³/mol. The number of aliphatic hydroxyl groups is 1. The van der Waals surface area contributed by atoms with Crippen LogP contribution in [-0.2, 0) is 0 Å². The van der Waals surface area contributed by atoms with Gasteiger partial charge >= 0.3 is 0 Å². The average molecular weight is 152 g/mol. The lowest BCUT2D eigenvalue weighted by Gasteiger charge is -1.93. The van der Waals surface area contributed by atoms with Crippen molar-refractivity contribution in [3.05, 3.63) is 36.1 Å². The van der Waals surface area contributed by atoms with E-state index in [0.29, 0.717) is 5.76 Å². The highest BCUT2D eigenvalue weighted by molar-refractivity contribution is 5.16. The summed E-state index contributed by atoms with van der Waals surface area (Å²) < 4.78 is 0. The minimum Gasteiger partial charge on any atom is -0.513 e. The number of rotatable bonds is 4. The first-order valence-electron chi connectivity index (χ1n) is 3.88. The summed E-state index contributed by atoms with van der Waals surface area (Å²) in [5, 5.41) is 8.82. The van der Waals surface area contributed by atoms with E-state index < -0.39 is 0 Å². The molecule has 0 unspecified atom stereocenters. The molecule has 0 aliphatic carbocycles. The average Bonchev–Trinajstić information content (AvgIpc) is 1.98. The summed E-state index contributed by atoms with van der Waals surface area (Å²) in [5.74, 6) is 0.376. The van der Waals surface area contributed by atoms with E-state index in [1.54, 1.807) is 13.0 Å². The number of allylic oxidation sites excluding steroid dienone is 5. The zero-order valence-corrected chi connectivity index (χ0v) is 7.30. The van der Waals surface area contributed by atoms with Crippen molar-refractivity contribution in [2.24, 2.45) is 0 Å². The Labute approximate surface area is 68.7 Å². The second-order valence-corrected chi connectivity index (χ2v) is 2.42. The lowest BCUT2D eigenvalue weighted by Crippen LogP contribution is -1.74. The third-order valence-corrected chi connectivity index (χ3v) is 1.46. The van der Waals surface area contributed by atoms with Gasteiger partial charge in [0.15, 0.2) is 0 Å². The molecule has 1 heteroatoms. The maximum absolute atomic E-state index is 8.82. The SMILES string of the molecule is C=CC(=CC/C=C(\C)O)CC. The van der Waals surface area contributed by atoms with Crippen LogP contribution in [0.25, 0.3) is 0 Å². The van der Waals surface area contributed by atoms with E-state index in [0.717, 1.165) is 12.8 Å². The van der Waals surface area contributed by atoms with Crippen molar-refractivity contribution < 1.29 is 5.11 Å². The Kier molecular flexibility index (Phi) is 5.26. The molecule has 0 spiro atoms. The Morgan fingerprint density at radius 2 is 2.09 bits per heavy atom. The quantitative estimate of drug-likeness (QED) is 0.483. The normalized spacial score (nSPS) is 13.3. The summed E-state index contributed by atoms with van der Waals surface area (Å²) in [6.07, 6.45) is 7.48. The van der Waals surface area contributed by atoms with Crippen LogP contribution < -0.4 is 0 Å². The Morgan fingerprint density at radius 3 is 2.45 bits per heavy atom. The molecule has 62 valence electrons. The fraction of sp³-hybridized carbons (Fsp3) is 0.400. The summed E-state index contributed by atoms with van der Waals surface area (Å²) in [7, 11) is 0. The van der Waals surface area contributed by atoms with E-state index >= 15 is 0 Å². The molecule has 0 atom stereocenters. The van der Waals surface area contributed by atoms with Gasteiger partial charge < -0.3 is 5.11 Å². The Bertz CT molecular complexity index is 171. The summed E-state index contributed by atoms with van der Waals surface area (Å²) >= 11 is 0. The van der Waals surface area contributed by atoms with Crippen molar-refractivity contribution >= 4 is 0 Å². The van der Waals surface area contributed by atoms with Crippen LogP contribution in [0.3, 0.4) is 0 Å². The number of aliphatic hydroxyl groups excluding tert-OH is 1. The van der Waals surface area contributed by atoms with Crippen LogP contribution in [0.1, 0.15) is 26.7 Å². The van der Waals surface area contributed by atoms with Gasteiger partial charge in [-0.25, -0.2) is 0 Å². The summed E-state index contributed by atoms with van der Waals surface area (Å²) in [6.45, 7) is 7.44. The van der Waals surface area contributed by atoms with Crippen LogP contribution in [-0.4, -0.2) is 5.11 Å². The topological polar surface area (TPSA) is 20.2 Å². The van der Waals surface area contributed by atoms with E-state index in [1.807, 2.05) is 6.08 Å². The first-order valence-corrected chi connectivity index (χ1v) is 3.88. The third-order valence-electron chi connectivity index (χ3n) is 1.46. The Hall–Kier alpha value is -0.980. The molecule has 0 saturated heterocycles. The highest BCUT2D eigenvalue weighted by atomic mass is 16.3. The van der Waals surface area contributed by atoms with Gasteiger partial charge in [-0.3, -0.25) is 0 Å². The predicted octanol–water partition coefficient (Wildman–Crippen LogP) is 3.36. The molecular weight excluding hydrogens is 136 g/mol. The molecule has 11 heavy (non-hydrogen) atoms. The number of hydrogen-bond donors (Lipinski definition) is 1. The molecule has 0 aliphatic heterocycles. The molecule has 0 aromatic rings. The van der Waals surface area contributed by atoms with Gasteiger partial charge in [0.2, 0.25) is 0 Å². The fourth-order valence-corrected chi connectivity index (χ4v) is 0.753. The van der Waals surface area contributed by atoms with Gasteiger partial charge in [-0.1, -0.05) is 31.2 Å². The van der Waals surface area contributed by atoms with E-state index in [-0.39, 0.29) is 0 Å². The minimum absolute atomic E-state index is 0.376. The summed E-state index contributed by atoms with van der Waals surface area (Å²) in [4.78, 5) is 0. The van der Waals surface area contributed by atoms with E-state index in [1.165, 1.54) is 5.57 Å². The van der Waals surface area contributed by atoms with Crippen molar-refractivity contribution in [1.82, 2.24) is 0 Å². The van der Waals surface area contributed by atoms with Crippen LogP contribution in [0.4, 0.5) is 0 Å². The van der Waals surface area contributed by atoms with Crippen molar-refractivity contribution in [2.75, 3.05) is 0 Å². The van der Waals surface area contributed by atoms with Crippen LogP contribution in [0, 0.1) is 0 Å². The summed E-state index contributed by atoms with van der Waals surface area (Å²) in [5.41, 5.74) is 1.22. The lowest BCUT2D eigenvalue weighted by molar-refractivity contribution is 0.412. The van der Waals surface area contributed by atoms with E-state index in [2.05, 4.69) is 19.6 Å². The van der Waals surface area contributed by atoms with E-state index in [4.69, 9.17) is 5.11 Å². The molecule has 0 aromatic heterocycles. The van der Waals surface area contributed by atoms with E-state index in [9.17, 15) is 0 Å². The first kappa shape index (κ1) is 10.0. The molecule has 0 radical (unpaired) electrons. The smallest absolute Gasteiger partial charge is 0.0855 e. The van der Waals surface area contributed by atoms with Gasteiger partial charge in [0.25, 0.3) is 0 Å². The maximum Gasteiger partial charge on any atom is 0.0855 e. The second-order valence-electron chi connectivity index (χ2n) is 2.42. The molecule has 0 heterocycles. The van der Waals surface area contributed by atoms with Gasteiger partial charge in [0.1, 0.15) is 0 Å². The highest BCUT2D eigenvalue weighted by Crippen LogP contribution is 2.03. The fourth-order valence-electron chi connectivity index (χ4n) is 0.753. The van der Waals surface area contributed by atoms with Crippen molar-refractivity contribution in [1.29, 1.82) is 0 Å². The van der Waals surface area contributed by atoms with Gasteiger partial charge in [0.05, 0.1) is 5.76 Å². The van der Waals surface area contributed by atoms with Crippen LogP contribution >= 0.6 is 0 Å². The van der Waals surface area contributed by atoms with Crippen LogP contribution in [0.5, 0.6) is 0 Å². The standard InChI is InChI=1S/C10H16O/c1-4-10(5-2)8-6-7-9(3)11/h4,7-8,11H,1,5-6H2,2-3H3/b9-7+,10-8?. The third kappa shape index (κ3) is 5.46. The molecule has 0 fully saturated rings. The molecule has 0 rings (SSSR count). The summed E-state index contributed by atoms with van der Waals surface area (Å²) in [6, 6.07) is 0. The largest absolute Gasteiger partial charge is 0.513 e. The Morgan fingerprint density at radius 1 is 1.45 bits per heavy atom. The maximum atomic E-state index is 8.82. The molecular formula is C10H16O. The van der Waals surface area contributed by atoms with Crippen LogP contribution in [0.2, 0.25) is 0 Å². The molecule has 0 aromatic carbocycles. The van der Waals surface area contributed by atoms with Crippen molar-refractivity contribution in [3.63, 3.8) is 0 Å². The molecule has 0 saturated carbocycles. The molecule has 0 aliphatic rings. The zero-order valence-electron chi connectivity index (χ0n) is 7.30. The van der Waals surface area contributed by atoms with Crippen LogP contribution in [0.15, 0.2) is 36.1 Å². The van der Waals surface area contributed by atoms with Crippen molar-refractivity contribution in [2.45, 2.75) is 26.7 Å². The molecule has 0 bridgehead atoms. The number of hydrogen-bond acceptors (Lipinski definition) is 1. The zero-order chi connectivity index (χ0) is 8.69. The highest BCUT2D eigenvalue weighted by Gasteiger charge is 1.84. The first-order chi connectivity index (χ1) is 5.20. The van der Waals surface area contributed by atoms with Gasteiger partial charge in [-0.15, -0.1) is 0 Å².